The third kappa shape index (κ3) is 3.45. The molecule has 1 amide bonds. The average Bonchev–Trinajstić information content (AvgIpc) is 3.45. The van der Waals surface area contributed by atoms with E-state index >= 15 is 0 Å². The fourth-order valence-corrected chi connectivity index (χ4v) is 3.38. The van der Waals surface area contributed by atoms with Crippen molar-refractivity contribution in [2.75, 3.05) is 11.9 Å². The number of hydrogen-bond acceptors (Lipinski definition) is 6. The molecule has 0 aliphatic carbocycles. The SMILES string of the molecule is CN(C(=O)Cn1nc2c(-c3nc(-c4ccccc4)no3)cccn2c1=O)c1ccccc1. The van der Waals surface area contributed by atoms with E-state index in [4.69, 9.17) is 4.52 Å². The van der Waals surface area contributed by atoms with Gasteiger partial charge in [-0.2, -0.15) is 4.98 Å². The summed E-state index contributed by atoms with van der Waals surface area (Å²) in [5.74, 6) is 0.399. The zero-order valence-corrected chi connectivity index (χ0v) is 17.1. The molecule has 0 atom stereocenters. The minimum Gasteiger partial charge on any atom is -0.333 e. The van der Waals surface area contributed by atoms with Crippen LogP contribution in [0.3, 0.4) is 0 Å². The lowest BCUT2D eigenvalue weighted by Gasteiger charge is -2.16. The molecule has 0 radical (unpaired) electrons. The molecule has 0 saturated carbocycles. The first kappa shape index (κ1) is 19.4. The van der Waals surface area contributed by atoms with E-state index in [2.05, 4.69) is 15.2 Å². The van der Waals surface area contributed by atoms with Gasteiger partial charge >= 0.3 is 5.69 Å². The second-order valence-electron chi connectivity index (χ2n) is 7.13. The van der Waals surface area contributed by atoms with Crippen molar-refractivity contribution in [2.45, 2.75) is 6.54 Å². The van der Waals surface area contributed by atoms with Crippen LogP contribution in [0.1, 0.15) is 0 Å². The highest BCUT2D eigenvalue weighted by Gasteiger charge is 2.20. The van der Waals surface area contributed by atoms with E-state index in [1.54, 1.807) is 25.4 Å². The highest BCUT2D eigenvalue weighted by molar-refractivity contribution is 5.92. The summed E-state index contributed by atoms with van der Waals surface area (Å²) in [4.78, 5) is 31.5. The van der Waals surface area contributed by atoms with E-state index < -0.39 is 5.69 Å². The Kier molecular flexibility index (Phi) is 4.83. The Morgan fingerprint density at radius 2 is 1.72 bits per heavy atom. The standard InChI is InChI=1S/C23H18N6O3/c1-27(17-11-6-3-7-12-17)19(30)15-29-23(31)28-14-8-13-18(21(28)25-29)22-24-20(26-32-22)16-9-4-2-5-10-16/h2-14H,15H2,1H3. The van der Waals surface area contributed by atoms with Crippen molar-refractivity contribution in [1.82, 2.24) is 24.3 Å². The van der Waals surface area contributed by atoms with Crippen molar-refractivity contribution < 1.29 is 9.32 Å². The van der Waals surface area contributed by atoms with Crippen LogP contribution < -0.4 is 10.6 Å². The number of carbonyl (C=O) groups excluding carboxylic acids is 1. The van der Waals surface area contributed by atoms with E-state index in [1.165, 1.54) is 9.30 Å². The summed E-state index contributed by atoms with van der Waals surface area (Å²) in [5, 5.41) is 8.41. The lowest BCUT2D eigenvalue weighted by molar-refractivity contribution is -0.119. The normalized spacial score (nSPS) is 11.0. The highest BCUT2D eigenvalue weighted by atomic mass is 16.5. The summed E-state index contributed by atoms with van der Waals surface area (Å²) in [7, 11) is 1.66. The summed E-state index contributed by atoms with van der Waals surface area (Å²) >= 11 is 0. The molecule has 0 saturated heterocycles. The molecule has 0 spiro atoms. The molecule has 0 aliphatic heterocycles. The average molecular weight is 426 g/mol. The molecule has 3 aromatic heterocycles. The van der Waals surface area contributed by atoms with Gasteiger partial charge in [0.2, 0.25) is 11.7 Å². The number of para-hydroxylation sites is 1. The van der Waals surface area contributed by atoms with E-state index in [0.717, 1.165) is 15.9 Å². The van der Waals surface area contributed by atoms with Crippen molar-refractivity contribution in [3.05, 3.63) is 89.5 Å². The number of rotatable bonds is 5. The Balaban J connectivity index is 1.49. The summed E-state index contributed by atoms with van der Waals surface area (Å²) in [5.41, 5.74) is 1.94. The lowest BCUT2D eigenvalue weighted by atomic mass is 10.2. The molecule has 3 heterocycles. The summed E-state index contributed by atoms with van der Waals surface area (Å²) < 4.78 is 7.93. The number of nitrogens with zero attached hydrogens (tertiary/aromatic N) is 6. The van der Waals surface area contributed by atoms with Crippen LogP contribution in [0.25, 0.3) is 28.5 Å². The molecular formula is C23H18N6O3. The number of amides is 1. The second kappa shape index (κ2) is 7.95. The molecule has 9 nitrogen and oxygen atoms in total. The molecule has 0 bridgehead atoms. The molecule has 32 heavy (non-hydrogen) atoms. The van der Waals surface area contributed by atoms with Crippen LogP contribution in [0.15, 0.2) is 88.3 Å². The largest absolute Gasteiger partial charge is 0.350 e. The van der Waals surface area contributed by atoms with Gasteiger partial charge in [-0.15, -0.1) is 5.10 Å². The molecule has 9 heteroatoms. The van der Waals surface area contributed by atoms with Crippen molar-refractivity contribution in [3.8, 4) is 22.8 Å². The number of carbonyl (C=O) groups is 1. The van der Waals surface area contributed by atoms with Crippen LogP contribution in [0.5, 0.6) is 0 Å². The Hall–Kier alpha value is -4.53. The highest BCUT2D eigenvalue weighted by Crippen LogP contribution is 2.24. The number of pyridine rings is 1. The number of likely N-dealkylation sites (N-methyl/N-ethyl adjacent to an activating group) is 1. The fourth-order valence-electron chi connectivity index (χ4n) is 3.38. The van der Waals surface area contributed by atoms with Gasteiger partial charge in [0.25, 0.3) is 5.89 Å². The smallest absolute Gasteiger partial charge is 0.333 e. The maximum Gasteiger partial charge on any atom is 0.350 e. The third-order valence-electron chi connectivity index (χ3n) is 5.10. The molecule has 5 aromatic rings. The van der Waals surface area contributed by atoms with Gasteiger partial charge < -0.3 is 9.42 Å². The van der Waals surface area contributed by atoms with Crippen LogP contribution in [-0.2, 0) is 11.3 Å². The molecule has 5 rings (SSSR count). The molecule has 0 N–H and O–H groups in total. The van der Waals surface area contributed by atoms with E-state index in [0.29, 0.717) is 17.0 Å². The first-order valence-corrected chi connectivity index (χ1v) is 9.91. The minimum atomic E-state index is -0.431. The molecule has 0 fully saturated rings. The third-order valence-corrected chi connectivity index (χ3v) is 5.10. The van der Waals surface area contributed by atoms with Crippen molar-refractivity contribution >= 4 is 17.2 Å². The first-order valence-electron chi connectivity index (χ1n) is 9.91. The van der Waals surface area contributed by atoms with Gasteiger partial charge in [-0.05, 0) is 24.3 Å². The maximum absolute atomic E-state index is 12.9. The van der Waals surface area contributed by atoms with Gasteiger partial charge in [0.15, 0.2) is 5.65 Å². The van der Waals surface area contributed by atoms with Crippen molar-refractivity contribution in [3.63, 3.8) is 0 Å². The molecule has 0 unspecified atom stereocenters. The van der Waals surface area contributed by atoms with Crippen LogP contribution in [0, 0.1) is 0 Å². The van der Waals surface area contributed by atoms with E-state index in [9.17, 15) is 9.59 Å². The molecular weight excluding hydrogens is 408 g/mol. The predicted octanol–water partition coefficient (Wildman–Crippen LogP) is 2.88. The van der Waals surface area contributed by atoms with Crippen LogP contribution in [0.4, 0.5) is 5.69 Å². The monoisotopic (exact) mass is 426 g/mol. The Labute approximate surface area is 182 Å². The minimum absolute atomic E-state index is 0.204. The van der Waals surface area contributed by atoms with Gasteiger partial charge in [-0.1, -0.05) is 53.7 Å². The second-order valence-corrected chi connectivity index (χ2v) is 7.13. The Morgan fingerprint density at radius 3 is 2.47 bits per heavy atom. The molecule has 0 aliphatic rings. The van der Waals surface area contributed by atoms with Gasteiger partial charge in [0.05, 0.1) is 5.56 Å². The van der Waals surface area contributed by atoms with Crippen molar-refractivity contribution in [1.29, 1.82) is 0 Å². The summed E-state index contributed by atoms with van der Waals surface area (Å²) in [6, 6.07) is 22.1. The quantitative estimate of drug-likeness (QED) is 0.429. The number of hydrogen-bond donors (Lipinski definition) is 0. The topological polar surface area (TPSA) is 98.5 Å². The van der Waals surface area contributed by atoms with Crippen molar-refractivity contribution in [2.24, 2.45) is 0 Å². The van der Waals surface area contributed by atoms with Crippen LogP contribution >= 0.6 is 0 Å². The number of aromatic nitrogens is 5. The number of fused-ring (bicyclic) bond motifs is 1. The van der Waals surface area contributed by atoms with E-state index in [1.807, 2.05) is 60.7 Å². The van der Waals surface area contributed by atoms with Crippen LogP contribution in [-0.4, -0.2) is 37.3 Å². The van der Waals surface area contributed by atoms with Crippen LogP contribution in [0.2, 0.25) is 0 Å². The Bertz CT molecular complexity index is 1450. The zero-order valence-electron chi connectivity index (χ0n) is 17.1. The van der Waals surface area contributed by atoms with Gasteiger partial charge in [0, 0.05) is 24.5 Å². The zero-order chi connectivity index (χ0) is 22.1. The maximum atomic E-state index is 12.9. The molecule has 2 aromatic carbocycles. The number of anilines is 1. The first-order chi connectivity index (χ1) is 15.6. The lowest BCUT2D eigenvalue weighted by Crippen LogP contribution is -2.34. The molecule has 158 valence electrons. The summed E-state index contributed by atoms with van der Waals surface area (Å²) in [6.07, 6.45) is 1.59. The van der Waals surface area contributed by atoms with Gasteiger partial charge in [-0.3, -0.25) is 4.79 Å². The Morgan fingerprint density at radius 1 is 1.00 bits per heavy atom. The van der Waals surface area contributed by atoms with E-state index in [-0.39, 0.29) is 18.3 Å². The van der Waals surface area contributed by atoms with Gasteiger partial charge in [-0.25, -0.2) is 13.9 Å². The summed E-state index contributed by atoms with van der Waals surface area (Å²) in [6.45, 7) is -0.204. The fraction of sp³-hybridized carbons (Fsp3) is 0.0870. The van der Waals surface area contributed by atoms with Gasteiger partial charge in [0.1, 0.15) is 6.54 Å². The number of benzene rings is 2. The predicted molar refractivity (Wildman–Crippen MR) is 118 cm³/mol.